The predicted molar refractivity (Wildman–Crippen MR) is 44.3 cm³/mol. The number of carboxylic acids is 1. The number of aliphatic carboxylic acids is 1. The molecule has 0 unspecified atom stereocenters. The van der Waals surface area contributed by atoms with Crippen molar-refractivity contribution in [1.82, 2.24) is 14.6 Å². The van der Waals surface area contributed by atoms with E-state index in [0.717, 1.165) is 5.56 Å². The summed E-state index contributed by atoms with van der Waals surface area (Å²) in [5.41, 5.74) is 1.40. The van der Waals surface area contributed by atoms with Crippen molar-refractivity contribution in [3.63, 3.8) is 0 Å². The largest absolute Gasteiger partial charge is 0.481 e. The van der Waals surface area contributed by atoms with E-state index in [9.17, 15) is 4.79 Å². The van der Waals surface area contributed by atoms with Gasteiger partial charge in [-0.15, -0.1) is 0 Å². The molecule has 2 aromatic rings. The topological polar surface area (TPSA) is 67.5 Å². The molecule has 13 heavy (non-hydrogen) atoms. The predicted octanol–water partition coefficient (Wildman–Crippen LogP) is 0.356. The van der Waals surface area contributed by atoms with Gasteiger partial charge in [-0.25, -0.2) is 9.50 Å². The molecule has 2 heterocycles. The van der Waals surface area contributed by atoms with Gasteiger partial charge in [-0.1, -0.05) is 0 Å². The van der Waals surface area contributed by atoms with E-state index in [2.05, 4.69) is 10.1 Å². The van der Waals surface area contributed by atoms with Crippen LogP contribution < -0.4 is 0 Å². The third-order valence-corrected chi connectivity index (χ3v) is 1.70. The molecule has 0 saturated carbocycles. The molecule has 2 aromatic heterocycles. The molecule has 0 saturated heterocycles. The number of carboxylic acid groups (broad SMARTS) is 1. The number of carbonyl (C=O) groups is 1. The maximum atomic E-state index is 10.4. The Balaban J connectivity index is 2.42. The minimum absolute atomic E-state index is 0.0172. The Morgan fingerprint density at radius 1 is 1.62 bits per heavy atom. The van der Waals surface area contributed by atoms with E-state index in [0.29, 0.717) is 5.65 Å². The lowest BCUT2D eigenvalue weighted by atomic mass is 10.2. The van der Waals surface area contributed by atoms with Crippen molar-refractivity contribution in [2.45, 2.75) is 6.42 Å². The fraction of sp³-hybridized carbons (Fsp3) is 0.125. The normalized spacial score (nSPS) is 10.5. The number of hydrogen-bond donors (Lipinski definition) is 1. The van der Waals surface area contributed by atoms with Crippen LogP contribution in [0.3, 0.4) is 0 Å². The molecule has 0 radical (unpaired) electrons. The van der Waals surface area contributed by atoms with Crippen LogP contribution in [0.15, 0.2) is 24.7 Å². The highest BCUT2D eigenvalue weighted by atomic mass is 16.4. The third-order valence-electron chi connectivity index (χ3n) is 1.70. The van der Waals surface area contributed by atoms with Crippen molar-refractivity contribution >= 4 is 11.6 Å². The van der Waals surface area contributed by atoms with E-state index in [1.807, 2.05) is 0 Å². The van der Waals surface area contributed by atoms with Crippen LogP contribution in [-0.4, -0.2) is 25.7 Å². The summed E-state index contributed by atoms with van der Waals surface area (Å²) in [5.74, 6) is -0.844. The van der Waals surface area contributed by atoms with Gasteiger partial charge in [0.15, 0.2) is 5.65 Å². The van der Waals surface area contributed by atoms with Crippen LogP contribution in [0.4, 0.5) is 0 Å². The molecule has 5 nitrogen and oxygen atoms in total. The Labute approximate surface area is 73.6 Å². The molecular formula is C8H7N3O2. The minimum atomic E-state index is -0.844. The van der Waals surface area contributed by atoms with Crippen LogP contribution in [0.5, 0.6) is 0 Å². The van der Waals surface area contributed by atoms with Gasteiger partial charge >= 0.3 is 5.97 Å². The van der Waals surface area contributed by atoms with Crippen LogP contribution >= 0.6 is 0 Å². The first kappa shape index (κ1) is 7.72. The van der Waals surface area contributed by atoms with E-state index < -0.39 is 5.97 Å². The summed E-state index contributed by atoms with van der Waals surface area (Å²) in [5, 5.41) is 12.4. The third kappa shape index (κ3) is 1.48. The summed E-state index contributed by atoms with van der Waals surface area (Å²) >= 11 is 0. The van der Waals surface area contributed by atoms with Gasteiger partial charge in [0.1, 0.15) is 6.33 Å². The summed E-state index contributed by atoms with van der Waals surface area (Å²) in [6.45, 7) is 0. The van der Waals surface area contributed by atoms with E-state index in [1.165, 1.54) is 6.33 Å². The van der Waals surface area contributed by atoms with Gasteiger partial charge in [0.25, 0.3) is 0 Å². The molecule has 0 amide bonds. The van der Waals surface area contributed by atoms with Gasteiger partial charge in [-0.3, -0.25) is 4.79 Å². The number of aromatic nitrogens is 3. The Morgan fingerprint density at radius 3 is 3.23 bits per heavy atom. The molecular weight excluding hydrogens is 170 g/mol. The first-order valence-electron chi connectivity index (χ1n) is 3.76. The average Bonchev–Trinajstić information content (AvgIpc) is 2.49. The van der Waals surface area contributed by atoms with Crippen LogP contribution in [-0.2, 0) is 11.2 Å². The summed E-state index contributed by atoms with van der Waals surface area (Å²) in [6, 6.07) is 3.43. The number of hydrogen-bond acceptors (Lipinski definition) is 3. The molecule has 0 atom stereocenters. The van der Waals surface area contributed by atoms with Gasteiger partial charge in [0.2, 0.25) is 0 Å². The van der Waals surface area contributed by atoms with Crippen molar-refractivity contribution in [2.24, 2.45) is 0 Å². The highest BCUT2D eigenvalue weighted by Crippen LogP contribution is 2.04. The molecule has 0 fully saturated rings. The molecule has 0 bridgehead atoms. The summed E-state index contributed by atoms with van der Waals surface area (Å²) in [4.78, 5) is 14.3. The second-order valence-corrected chi connectivity index (χ2v) is 2.67. The Kier molecular flexibility index (Phi) is 1.70. The molecule has 0 aromatic carbocycles. The maximum Gasteiger partial charge on any atom is 0.307 e. The fourth-order valence-corrected chi connectivity index (χ4v) is 1.14. The van der Waals surface area contributed by atoms with Gasteiger partial charge in [0, 0.05) is 6.20 Å². The second-order valence-electron chi connectivity index (χ2n) is 2.67. The standard InChI is InChI=1S/C8H7N3O2/c12-8(13)4-6-1-2-11-7(3-6)9-5-10-11/h1-3,5H,4H2,(H,12,13). The quantitative estimate of drug-likeness (QED) is 0.719. The zero-order chi connectivity index (χ0) is 9.26. The van der Waals surface area contributed by atoms with Crippen molar-refractivity contribution in [2.75, 3.05) is 0 Å². The first-order valence-corrected chi connectivity index (χ1v) is 3.76. The highest BCUT2D eigenvalue weighted by molar-refractivity contribution is 5.70. The van der Waals surface area contributed by atoms with Crippen LogP contribution in [0.2, 0.25) is 0 Å². The van der Waals surface area contributed by atoms with Crippen molar-refractivity contribution < 1.29 is 9.90 Å². The molecule has 66 valence electrons. The monoisotopic (exact) mass is 177 g/mol. The van der Waals surface area contributed by atoms with E-state index >= 15 is 0 Å². The van der Waals surface area contributed by atoms with Crippen molar-refractivity contribution in [1.29, 1.82) is 0 Å². The molecule has 2 rings (SSSR count). The number of rotatable bonds is 2. The van der Waals surface area contributed by atoms with E-state index in [-0.39, 0.29) is 6.42 Å². The Hall–Kier alpha value is -1.91. The van der Waals surface area contributed by atoms with Crippen LogP contribution in [0.1, 0.15) is 5.56 Å². The van der Waals surface area contributed by atoms with Crippen molar-refractivity contribution in [3.05, 3.63) is 30.2 Å². The summed E-state index contributed by atoms with van der Waals surface area (Å²) in [7, 11) is 0. The zero-order valence-corrected chi connectivity index (χ0v) is 6.71. The lowest BCUT2D eigenvalue weighted by molar-refractivity contribution is -0.136. The average molecular weight is 177 g/mol. The lowest BCUT2D eigenvalue weighted by Gasteiger charge is -1.96. The molecule has 1 N–H and O–H groups in total. The zero-order valence-electron chi connectivity index (χ0n) is 6.71. The molecule has 0 aliphatic heterocycles. The van der Waals surface area contributed by atoms with E-state index in [4.69, 9.17) is 5.11 Å². The highest BCUT2D eigenvalue weighted by Gasteiger charge is 2.01. The molecule has 5 heteroatoms. The van der Waals surface area contributed by atoms with Gasteiger partial charge in [0.05, 0.1) is 6.42 Å². The van der Waals surface area contributed by atoms with Gasteiger partial charge < -0.3 is 5.11 Å². The van der Waals surface area contributed by atoms with Crippen LogP contribution in [0.25, 0.3) is 5.65 Å². The van der Waals surface area contributed by atoms with Crippen molar-refractivity contribution in [3.8, 4) is 0 Å². The van der Waals surface area contributed by atoms with Crippen LogP contribution in [0, 0.1) is 0 Å². The summed E-state index contributed by atoms with van der Waals surface area (Å²) < 4.78 is 1.59. The Morgan fingerprint density at radius 2 is 2.46 bits per heavy atom. The maximum absolute atomic E-state index is 10.4. The number of nitrogens with zero attached hydrogens (tertiary/aromatic N) is 3. The minimum Gasteiger partial charge on any atom is -0.481 e. The summed E-state index contributed by atoms with van der Waals surface area (Å²) in [6.07, 6.45) is 3.14. The second kappa shape index (κ2) is 2.85. The molecule has 0 spiro atoms. The lowest BCUT2D eigenvalue weighted by Crippen LogP contribution is -2.00. The molecule has 0 aliphatic rings. The molecule has 0 aliphatic carbocycles. The number of pyridine rings is 1. The van der Waals surface area contributed by atoms with E-state index in [1.54, 1.807) is 22.8 Å². The first-order chi connectivity index (χ1) is 6.25. The van der Waals surface area contributed by atoms with Gasteiger partial charge in [-0.05, 0) is 17.7 Å². The van der Waals surface area contributed by atoms with Gasteiger partial charge in [-0.2, -0.15) is 5.10 Å². The number of fused-ring (bicyclic) bond motifs is 1. The smallest absolute Gasteiger partial charge is 0.307 e. The SMILES string of the molecule is O=C(O)Cc1ccn2ncnc2c1. The Bertz CT molecular complexity index is 449. The fourth-order valence-electron chi connectivity index (χ4n) is 1.14.